The Hall–Kier alpha value is -0.610. The molecule has 1 atom stereocenters. The van der Waals surface area contributed by atoms with Gasteiger partial charge in [-0.15, -0.1) is 0 Å². The predicted octanol–water partition coefficient (Wildman–Crippen LogP) is 0.0692. The van der Waals surface area contributed by atoms with Gasteiger partial charge in [0.05, 0.1) is 6.54 Å². The van der Waals surface area contributed by atoms with Gasteiger partial charge >= 0.3 is 5.97 Å². The van der Waals surface area contributed by atoms with E-state index < -0.39 is 5.97 Å². The summed E-state index contributed by atoms with van der Waals surface area (Å²) in [6.07, 6.45) is 0.829. The van der Waals surface area contributed by atoms with E-state index >= 15 is 0 Å². The first-order valence-corrected chi connectivity index (χ1v) is 4.07. The number of carboxylic acid groups (broad SMARTS) is 1. The Labute approximate surface area is 72.6 Å². The molecule has 0 aliphatic carbocycles. The molecule has 4 nitrogen and oxygen atoms in total. The average molecular weight is 175 g/mol. The van der Waals surface area contributed by atoms with Crippen LogP contribution in [0.4, 0.5) is 0 Å². The van der Waals surface area contributed by atoms with E-state index in [4.69, 9.17) is 10.2 Å². The van der Waals surface area contributed by atoms with E-state index in [1.807, 2.05) is 13.8 Å². The van der Waals surface area contributed by atoms with Crippen LogP contribution in [0.15, 0.2) is 0 Å². The van der Waals surface area contributed by atoms with Crippen LogP contribution < -0.4 is 5.32 Å². The lowest BCUT2D eigenvalue weighted by Gasteiger charge is -2.25. The van der Waals surface area contributed by atoms with Crippen molar-refractivity contribution in [2.24, 2.45) is 5.41 Å². The molecule has 12 heavy (non-hydrogen) atoms. The van der Waals surface area contributed by atoms with E-state index in [2.05, 4.69) is 5.32 Å². The highest BCUT2D eigenvalue weighted by Gasteiger charge is 2.20. The third-order valence-corrected chi connectivity index (χ3v) is 2.06. The number of hydrogen-bond donors (Lipinski definition) is 3. The minimum absolute atomic E-state index is 0.0460. The summed E-state index contributed by atoms with van der Waals surface area (Å²) in [5.41, 5.74) is -0.199. The smallest absolute Gasteiger partial charge is 0.317 e. The number of aliphatic hydroxyl groups is 1. The molecule has 0 spiro atoms. The Balaban J connectivity index is 3.65. The fraction of sp³-hybridized carbons (Fsp3) is 0.875. The van der Waals surface area contributed by atoms with Crippen molar-refractivity contribution in [3.63, 3.8) is 0 Å². The van der Waals surface area contributed by atoms with Crippen LogP contribution in [0.2, 0.25) is 0 Å². The first kappa shape index (κ1) is 11.4. The lowest BCUT2D eigenvalue weighted by atomic mass is 9.89. The van der Waals surface area contributed by atoms with E-state index in [1.54, 1.807) is 0 Å². The summed E-state index contributed by atoms with van der Waals surface area (Å²) < 4.78 is 0. The summed E-state index contributed by atoms with van der Waals surface area (Å²) in [5.74, 6) is -0.869. The maximum Gasteiger partial charge on any atom is 0.317 e. The molecule has 72 valence electrons. The van der Waals surface area contributed by atoms with Crippen molar-refractivity contribution >= 4 is 5.97 Å². The lowest BCUT2D eigenvalue weighted by Crippen LogP contribution is -2.36. The van der Waals surface area contributed by atoms with Gasteiger partial charge in [-0.25, -0.2) is 0 Å². The molecule has 0 amide bonds. The molecule has 0 fully saturated rings. The first-order chi connectivity index (χ1) is 5.54. The number of nitrogens with one attached hydrogen (secondary N) is 1. The van der Waals surface area contributed by atoms with Crippen molar-refractivity contribution < 1.29 is 15.0 Å². The van der Waals surface area contributed by atoms with Crippen molar-refractivity contribution in [3.8, 4) is 0 Å². The largest absolute Gasteiger partial charge is 0.480 e. The number of carbonyl (C=O) groups is 1. The Morgan fingerprint density at radius 2 is 2.17 bits per heavy atom. The van der Waals surface area contributed by atoms with Crippen LogP contribution in [0.1, 0.15) is 20.3 Å². The molecule has 0 saturated heterocycles. The Bertz CT molecular complexity index is 143. The van der Waals surface area contributed by atoms with Crippen LogP contribution in [0.25, 0.3) is 0 Å². The topological polar surface area (TPSA) is 69.6 Å². The second-order valence-corrected chi connectivity index (χ2v) is 3.32. The fourth-order valence-corrected chi connectivity index (χ4v) is 0.764. The molecule has 0 aromatic carbocycles. The average Bonchev–Trinajstić information content (AvgIpc) is 2.03. The molecular weight excluding hydrogens is 158 g/mol. The predicted molar refractivity (Wildman–Crippen MR) is 46.0 cm³/mol. The standard InChI is InChI=1S/C8H17NO3/c1-3-8(2,6-10)5-9-4-7(11)12/h9-10H,3-6H2,1-2H3,(H,11,12). The van der Waals surface area contributed by atoms with Gasteiger partial charge in [-0.05, 0) is 6.42 Å². The number of aliphatic carboxylic acids is 1. The monoisotopic (exact) mass is 175 g/mol. The molecule has 0 aromatic rings. The van der Waals surface area contributed by atoms with Crippen LogP contribution >= 0.6 is 0 Å². The van der Waals surface area contributed by atoms with E-state index in [9.17, 15) is 4.79 Å². The van der Waals surface area contributed by atoms with E-state index in [-0.39, 0.29) is 18.6 Å². The Morgan fingerprint density at radius 1 is 1.58 bits per heavy atom. The molecule has 0 aliphatic rings. The Kier molecular flexibility index (Phi) is 4.85. The zero-order valence-electron chi connectivity index (χ0n) is 7.63. The van der Waals surface area contributed by atoms with Crippen molar-refractivity contribution in [2.75, 3.05) is 19.7 Å². The van der Waals surface area contributed by atoms with E-state index in [1.165, 1.54) is 0 Å². The highest BCUT2D eigenvalue weighted by atomic mass is 16.4. The number of rotatable bonds is 6. The van der Waals surface area contributed by atoms with Gasteiger partial charge in [0.15, 0.2) is 0 Å². The fourth-order valence-electron chi connectivity index (χ4n) is 0.764. The van der Waals surface area contributed by atoms with Crippen molar-refractivity contribution in [2.45, 2.75) is 20.3 Å². The van der Waals surface area contributed by atoms with Gasteiger partial charge in [-0.1, -0.05) is 13.8 Å². The molecule has 0 rings (SSSR count). The van der Waals surface area contributed by atoms with Crippen molar-refractivity contribution in [3.05, 3.63) is 0 Å². The summed E-state index contributed by atoms with van der Waals surface area (Å²) >= 11 is 0. The molecular formula is C8H17NO3. The molecule has 1 unspecified atom stereocenters. The molecule has 0 saturated carbocycles. The number of aliphatic hydroxyl groups excluding tert-OH is 1. The molecule has 0 bridgehead atoms. The van der Waals surface area contributed by atoms with Gasteiger partial charge in [0.1, 0.15) is 0 Å². The van der Waals surface area contributed by atoms with Crippen LogP contribution in [0.3, 0.4) is 0 Å². The molecule has 0 heterocycles. The van der Waals surface area contributed by atoms with Crippen LogP contribution in [-0.4, -0.2) is 35.9 Å². The lowest BCUT2D eigenvalue weighted by molar-refractivity contribution is -0.136. The normalized spacial score (nSPS) is 15.6. The quantitative estimate of drug-likeness (QED) is 0.534. The summed E-state index contributed by atoms with van der Waals surface area (Å²) in [6.45, 7) is 4.46. The van der Waals surface area contributed by atoms with E-state index in [0.29, 0.717) is 6.54 Å². The number of hydrogen-bond acceptors (Lipinski definition) is 3. The molecule has 0 aliphatic heterocycles. The van der Waals surface area contributed by atoms with Crippen LogP contribution in [0, 0.1) is 5.41 Å². The summed E-state index contributed by atoms with van der Waals surface area (Å²) in [7, 11) is 0. The SMILES string of the molecule is CCC(C)(CO)CNCC(=O)O. The van der Waals surface area contributed by atoms with Gasteiger partial charge in [0.25, 0.3) is 0 Å². The maximum atomic E-state index is 10.1. The zero-order chi connectivity index (χ0) is 9.61. The van der Waals surface area contributed by atoms with Crippen molar-refractivity contribution in [1.82, 2.24) is 5.32 Å². The van der Waals surface area contributed by atoms with Gasteiger partial charge in [0.2, 0.25) is 0 Å². The number of carboxylic acids is 1. The summed E-state index contributed by atoms with van der Waals surface area (Å²) in [4.78, 5) is 10.1. The highest BCUT2D eigenvalue weighted by Crippen LogP contribution is 2.17. The summed E-state index contributed by atoms with van der Waals surface area (Å²) in [6, 6.07) is 0. The Morgan fingerprint density at radius 3 is 2.50 bits per heavy atom. The molecule has 3 N–H and O–H groups in total. The van der Waals surface area contributed by atoms with E-state index in [0.717, 1.165) is 6.42 Å². The third-order valence-electron chi connectivity index (χ3n) is 2.06. The van der Waals surface area contributed by atoms with Gasteiger partial charge < -0.3 is 15.5 Å². The van der Waals surface area contributed by atoms with Crippen molar-refractivity contribution in [1.29, 1.82) is 0 Å². The second kappa shape index (κ2) is 5.11. The van der Waals surface area contributed by atoms with Gasteiger partial charge in [-0.2, -0.15) is 0 Å². The first-order valence-electron chi connectivity index (χ1n) is 4.07. The highest BCUT2D eigenvalue weighted by molar-refractivity contribution is 5.68. The minimum atomic E-state index is -0.869. The van der Waals surface area contributed by atoms with Crippen LogP contribution in [0.5, 0.6) is 0 Å². The van der Waals surface area contributed by atoms with Gasteiger partial charge in [-0.3, -0.25) is 4.79 Å². The molecule has 4 heteroatoms. The summed E-state index contributed by atoms with van der Waals surface area (Å²) in [5, 5.41) is 20.1. The van der Waals surface area contributed by atoms with Gasteiger partial charge in [0, 0.05) is 18.6 Å². The third kappa shape index (κ3) is 4.31. The molecule has 0 radical (unpaired) electrons. The molecule has 0 aromatic heterocycles. The minimum Gasteiger partial charge on any atom is -0.480 e. The maximum absolute atomic E-state index is 10.1. The second-order valence-electron chi connectivity index (χ2n) is 3.32. The zero-order valence-corrected chi connectivity index (χ0v) is 7.63. The van der Waals surface area contributed by atoms with Crippen LogP contribution in [-0.2, 0) is 4.79 Å².